The van der Waals surface area contributed by atoms with Crippen molar-refractivity contribution in [2.24, 2.45) is 0 Å². The van der Waals surface area contributed by atoms with Gasteiger partial charge in [-0.25, -0.2) is 4.39 Å². The van der Waals surface area contributed by atoms with Crippen molar-refractivity contribution in [3.8, 4) is 0 Å². The highest BCUT2D eigenvalue weighted by atomic mass is 19.4. The highest BCUT2D eigenvalue weighted by Crippen LogP contribution is 2.62. The van der Waals surface area contributed by atoms with Crippen LogP contribution >= 0.6 is 0 Å². The van der Waals surface area contributed by atoms with E-state index in [0.717, 1.165) is 0 Å². The Labute approximate surface area is 125 Å². The van der Waals surface area contributed by atoms with Gasteiger partial charge in [0.1, 0.15) is 0 Å². The third-order valence-corrected chi connectivity index (χ3v) is 3.17. The summed E-state index contributed by atoms with van der Waals surface area (Å²) in [6, 6.07) is 0. The molecule has 2 nitrogen and oxygen atoms in total. The molecule has 0 amide bonds. The molecular formula is C9F14O2. The highest BCUT2D eigenvalue weighted by Gasteiger charge is 2.97. The maximum atomic E-state index is 13.7. The van der Waals surface area contributed by atoms with E-state index in [-0.39, 0.29) is 0 Å². The van der Waals surface area contributed by atoms with E-state index in [9.17, 15) is 71.1 Å². The summed E-state index contributed by atoms with van der Waals surface area (Å²) in [5, 5.41) is 0. The van der Waals surface area contributed by atoms with Gasteiger partial charge < -0.3 is 0 Å². The average molecular weight is 406 g/mol. The lowest BCUT2D eigenvalue weighted by atomic mass is 9.87. The Morgan fingerprint density at radius 2 is 1.08 bits per heavy atom. The largest absolute Gasteiger partial charge is 0.460 e. The summed E-state index contributed by atoms with van der Waals surface area (Å²) in [7, 11) is 0. The van der Waals surface area contributed by atoms with Crippen LogP contribution in [0.3, 0.4) is 0 Å². The zero-order chi connectivity index (χ0) is 20.7. The second-order valence-corrected chi connectivity index (χ2v) is 4.69. The van der Waals surface area contributed by atoms with Crippen LogP contribution in [0.1, 0.15) is 0 Å². The molecule has 1 saturated carbocycles. The van der Waals surface area contributed by atoms with Crippen molar-refractivity contribution in [2.75, 3.05) is 0 Å². The number of halogens is 14. The number of carbonyl (C=O) groups is 2. The van der Waals surface area contributed by atoms with Gasteiger partial charge in [-0.15, -0.1) is 0 Å². The van der Waals surface area contributed by atoms with E-state index in [1.54, 1.807) is 0 Å². The predicted molar refractivity (Wildman–Crippen MR) is 44.6 cm³/mol. The van der Waals surface area contributed by atoms with Gasteiger partial charge in [-0.05, 0) is 0 Å². The van der Waals surface area contributed by atoms with Gasteiger partial charge in [0.05, 0.1) is 0 Å². The summed E-state index contributed by atoms with van der Waals surface area (Å²) < 4.78 is 177. The standard InChI is InChI=1S/C9F14O2/c10-3(1(24)4(11,12)7(17,18)6(3,15)16)2(25)5(13,14)8(19,20)9(21,22)23. The zero-order valence-corrected chi connectivity index (χ0v) is 10.6. The van der Waals surface area contributed by atoms with Crippen LogP contribution in [0.15, 0.2) is 0 Å². The van der Waals surface area contributed by atoms with Crippen LogP contribution in [0.5, 0.6) is 0 Å². The number of carbonyl (C=O) groups excluding carboxylic acids is 2. The molecule has 1 aliphatic rings. The average Bonchev–Trinajstić information content (AvgIpc) is 2.47. The van der Waals surface area contributed by atoms with Crippen LogP contribution in [0, 0.1) is 0 Å². The van der Waals surface area contributed by atoms with Gasteiger partial charge in [-0.1, -0.05) is 0 Å². The molecule has 1 unspecified atom stereocenters. The molecule has 0 saturated heterocycles. The molecule has 1 atom stereocenters. The maximum absolute atomic E-state index is 13.7. The van der Waals surface area contributed by atoms with Gasteiger partial charge in [0.25, 0.3) is 11.6 Å². The minimum Gasteiger partial charge on any atom is -0.288 e. The van der Waals surface area contributed by atoms with E-state index in [1.165, 1.54) is 0 Å². The van der Waals surface area contributed by atoms with Gasteiger partial charge >= 0.3 is 41.5 Å². The van der Waals surface area contributed by atoms with Crippen molar-refractivity contribution in [3.63, 3.8) is 0 Å². The van der Waals surface area contributed by atoms with E-state index in [4.69, 9.17) is 0 Å². The molecule has 0 N–H and O–H groups in total. The fourth-order valence-electron chi connectivity index (χ4n) is 1.70. The van der Waals surface area contributed by atoms with Crippen molar-refractivity contribution >= 4 is 11.6 Å². The van der Waals surface area contributed by atoms with Crippen LogP contribution < -0.4 is 0 Å². The lowest BCUT2D eigenvalue weighted by Gasteiger charge is -2.32. The molecule has 0 aliphatic heterocycles. The number of hydrogen-bond acceptors (Lipinski definition) is 2. The SMILES string of the molecule is O=C(C(F)(F)C(F)(F)C(F)(F)F)C1(F)C(=O)C(F)(F)C(F)(F)C1(F)F. The molecule has 25 heavy (non-hydrogen) atoms. The van der Waals surface area contributed by atoms with Gasteiger partial charge in [-0.3, -0.25) is 9.59 Å². The van der Waals surface area contributed by atoms with Crippen molar-refractivity contribution < 1.29 is 71.1 Å². The number of hydrogen-bond donors (Lipinski definition) is 0. The Morgan fingerprint density at radius 1 is 0.720 bits per heavy atom. The fraction of sp³-hybridized carbons (Fsp3) is 0.778. The van der Waals surface area contributed by atoms with E-state index in [1.807, 2.05) is 0 Å². The molecule has 0 heterocycles. The summed E-state index contributed by atoms with van der Waals surface area (Å²) in [5.41, 5.74) is -7.06. The normalized spacial score (nSPS) is 29.0. The summed E-state index contributed by atoms with van der Waals surface area (Å²) in [4.78, 5) is 21.5. The minimum absolute atomic E-state index is 4.59. The van der Waals surface area contributed by atoms with Crippen LogP contribution in [-0.2, 0) is 9.59 Å². The van der Waals surface area contributed by atoms with Gasteiger partial charge in [-0.2, -0.15) is 57.1 Å². The molecule has 0 aromatic heterocycles. The molecule has 0 radical (unpaired) electrons. The van der Waals surface area contributed by atoms with Crippen molar-refractivity contribution in [2.45, 2.75) is 41.5 Å². The highest BCUT2D eigenvalue weighted by molar-refractivity contribution is 6.19. The Balaban J connectivity index is 3.70. The molecule has 0 bridgehead atoms. The minimum atomic E-state index is -7.65. The van der Waals surface area contributed by atoms with Crippen LogP contribution in [0.25, 0.3) is 0 Å². The molecule has 0 aromatic rings. The van der Waals surface area contributed by atoms with Gasteiger partial charge in [0.2, 0.25) is 0 Å². The lowest BCUT2D eigenvalue weighted by molar-refractivity contribution is -0.347. The molecule has 0 spiro atoms. The number of ketones is 2. The fourth-order valence-corrected chi connectivity index (χ4v) is 1.70. The Bertz CT molecular complexity index is 616. The molecular weight excluding hydrogens is 406 g/mol. The third-order valence-electron chi connectivity index (χ3n) is 3.17. The van der Waals surface area contributed by atoms with Crippen molar-refractivity contribution in [1.82, 2.24) is 0 Å². The van der Waals surface area contributed by atoms with Crippen LogP contribution in [0.2, 0.25) is 0 Å². The smallest absolute Gasteiger partial charge is 0.288 e. The first-order valence-electron chi connectivity index (χ1n) is 5.30. The van der Waals surface area contributed by atoms with Crippen LogP contribution in [-0.4, -0.2) is 53.0 Å². The summed E-state index contributed by atoms with van der Waals surface area (Å²) in [6.45, 7) is 0. The Hall–Kier alpha value is -1.64. The lowest BCUT2D eigenvalue weighted by Crippen LogP contribution is -2.67. The quantitative estimate of drug-likeness (QED) is 0.531. The number of alkyl halides is 14. The summed E-state index contributed by atoms with van der Waals surface area (Å²) in [6.07, 6.45) is -7.43. The molecule has 1 fully saturated rings. The Kier molecular flexibility index (Phi) is 4.06. The summed E-state index contributed by atoms with van der Waals surface area (Å²) in [5.74, 6) is -46.3. The van der Waals surface area contributed by atoms with E-state index >= 15 is 0 Å². The first kappa shape index (κ1) is 21.4. The topological polar surface area (TPSA) is 34.1 Å². The second-order valence-electron chi connectivity index (χ2n) is 4.69. The molecule has 16 heteroatoms. The van der Waals surface area contributed by atoms with E-state index in [0.29, 0.717) is 0 Å². The third kappa shape index (κ3) is 2.04. The molecule has 1 aliphatic carbocycles. The predicted octanol–water partition coefficient (Wildman–Crippen LogP) is 3.59. The number of rotatable bonds is 3. The first-order valence-corrected chi connectivity index (χ1v) is 5.30. The Morgan fingerprint density at radius 3 is 1.32 bits per heavy atom. The van der Waals surface area contributed by atoms with E-state index < -0.39 is 53.0 Å². The first-order chi connectivity index (χ1) is 10.6. The van der Waals surface area contributed by atoms with Crippen molar-refractivity contribution in [1.29, 1.82) is 0 Å². The zero-order valence-electron chi connectivity index (χ0n) is 10.6. The maximum Gasteiger partial charge on any atom is 0.460 e. The van der Waals surface area contributed by atoms with Gasteiger partial charge in [0.15, 0.2) is 0 Å². The van der Waals surface area contributed by atoms with E-state index in [2.05, 4.69) is 0 Å². The van der Waals surface area contributed by atoms with Crippen molar-refractivity contribution in [3.05, 3.63) is 0 Å². The molecule has 0 aromatic carbocycles. The van der Waals surface area contributed by atoms with Crippen LogP contribution in [0.4, 0.5) is 61.5 Å². The monoisotopic (exact) mass is 406 g/mol. The molecule has 1 rings (SSSR count). The molecule has 146 valence electrons. The summed E-state index contributed by atoms with van der Waals surface area (Å²) >= 11 is 0. The number of Topliss-reactive ketones (excluding diaryl/α,β-unsaturated/α-hetero) is 2. The van der Waals surface area contributed by atoms with Gasteiger partial charge in [0, 0.05) is 0 Å². The second kappa shape index (κ2) is 4.75.